The van der Waals surface area contributed by atoms with Crippen molar-refractivity contribution in [2.75, 3.05) is 7.05 Å². The van der Waals surface area contributed by atoms with Crippen LogP contribution in [-0.4, -0.2) is 17.9 Å². The van der Waals surface area contributed by atoms with E-state index in [-0.39, 0.29) is 11.7 Å². The molecule has 0 aliphatic heterocycles. The van der Waals surface area contributed by atoms with Gasteiger partial charge in [0.25, 0.3) is 5.91 Å². The molecular weight excluding hydrogens is 183 g/mol. The van der Waals surface area contributed by atoms with E-state index in [2.05, 4.69) is 10.3 Å². The largest absolute Gasteiger partial charge is 0.360 e. The first-order valence-electron chi connectivity index (χ1n) is 4.21. The van der Waals surface area contributed by atoms with Gasteiger partial charge in [-0.2, -0.15) is 0 Å². The lowest BCUT2D eigenvalue weighted by Gasteiger charge is -1.97. The first-order chi connectivity index (χ1) is 6.74. The fraction of sp³-hybridized carbons (Fsp3) is 0.100. The summed E-state index contributed by atoms with van der Waals surface area (Å²) in [6.07, 6.45) is 1.51. The van der Waals surface area contributed by atoms with Crippen molar-refractivity contribution in [3.8, 4) is 0 Å². The third-order valence-corrected chi connectivity index (χ3v) is 2.13. The Bertz CT molecular complexity index is 490. The fourth-order valence-electron chi connectivity index (χ4n) is 1.45. The number of amides is 1. The predicted octanol–water partition coefficient (Wildman–Crippen LogP) is 1.67. The Morgan fingerprint density at radius 1 is 1.50 bits per heavy atom. The number of benzene rings is 1. The molecule has 3 nitrogen and oxygen atoms in total. The Hall–Kier alpha value is -1.84. The number of aromatic nitrogens is 1. The van der Waals surface area contributed by atoms with Gasteiger partial charge in [0.2, 0.25) is 0 Å². The summed E-state index contributed by atoms with van der Waals surface area (Å²) >= 11 is 0. The molecule has 0 saturated heterocycles. The molecule has 0 atom stereocenters. The number of nitrogens with one attached hydrogen (secondary N) is 2. The van der Waals surface area contributed by atoms with Crippen LogP contribution >= 0.6 is 0 Å². The van der Waals surface area contributed by atoms with Crippen molar-refractivity contribution in [2.24, 2.45) is 0 Å². The average Bonchev–Trinajstić information content (AvgIpc) is 2.62. The van der Waals surface area contributed by atoms with Gasteiger partial charge in [-0.05, 0) is 12.1 Å². The number of halogens is 1. The molecule has 0 spiro atoms. The van der Waals surface area contributed by atoms with E-state index in [4.69, 9.17) is 0 Å². The van der Waals surface area contributed by atoms with Gasteiger partial charge in [-0.15, -0.1) is 0 Å². The first-order valence-corrected chi connectivity index (χ1v) is 4.21. The van der Waals surface area contributed by atoms with Gasteiger partial charge in [0, 0.05) is 24.1 Å². The second-order valence-corrected chi connectivity index (χ2v) is 2.94. The molecule has 0 fully saturated rings. The Morgan fingerprint density at radius 3 is 3.00 bits per heavy atom. The monoisotopic (exact) mass is 192 g/mol. The summed E-state index contributed by atoms with van der Waals surface area (Å²) in [5, 5.41) is 2.80. The molecule has 1 amide bonds. The predicted molar refractivity (Wildman–Crippen MR) is 51.6 cm³/mol. The van der Waals surface area contributed by atoms with Crippen molar-refractivity contribution in [1.82, 2.24) is 10.3 Å². The van der Waals surface area contributed by atoms with Crippen molar-refractivity contribution in [1.29, 1.82) is 0 Å². The van der Waals surface area contributed by atoms with Gasteiger partial charge in [-0.25, -0.2) is 4.39 Å². The molecule has 0 aliphatic rings. The molecule has 0 bridgehead atoms. The van der Waals surface area contributed by atoms with Crippen LogP contribution in [0.1, 0.15) is 10.4 Å². The molecule has 72 valence electrons. The number of carbonyl (C=O) groups excluding carboxylic acids is 1. The van der Waals surface area contributed by atoms with E-state index in [1.165, 1.54) is 19.3 Å². The molecule has 1 heterocycles. The van der Waals surface area contributed by atoms with Crippen LogP contribution in [0.5, 0.6) is 0 Å². The summed E-state index contributed by atoms with van der Waals surface area (Å²) in [6, 6.07) is 4.66. The van der Waals surface area contributed by atoms with E-state index >= 15 is 0 Å². The number of rotatable bonds is 1. The van der Waals surface area contributed by atoms with E-state index in [1.54, 1.807) is 12.1 Å². The topological polar surface area (TPSA) is 44.9 Å². The normalized spacial score (nSPS) is 10.4. The second kappa shape index (κ2) is 3.14. The summed E-state index contributed by atoms with van der Waals surface area (Å²) in [4.78, 5) is 14.2. The Kier molecular flexibility index (Phi) is 1.96. The lowest BCUT2D eigenvalue weighted by atomic mass is 10.1. The first kappa shape index (κ1) is 8.74. The lowest BCUT2D eigenvalue weighted by Crippen LogP contribution is -2.17. The second-order valence-electron chi connectivity index (χ2n) is 2.94. The quantitative estimate of drug-likeness (QED) is 0.709. The average molecular weight is 192 g/mol. The van der Waals surface area contributed by atoms with Crippen LogP contribution in [0.2, 0.25) is 0 Å². The highest BCUT2D eigenvalue weighted by Gasteiger charge is 2.13. The minimum Gasteiger partial charge on any atom is -0.360 e. The van der Waals surface area contributed by atoms with Gasteiger partial charge in [-0.3, -0.25) is 4.79 Å². The zero-order valence-electron chi connectivity index (χ0n) is 7.60. The summed E-state index contributed by atoms with van der Waals surface area (Å²) in [5.74, 6) is -0.677. The molecule has 0 unspecified atom stereocenters. The molecule has 14 heavy (non-hydrogen) atoms. The summed E-state index contributed by atoms with van der Waals surface area (Å²) in [7, 11) is 1.52. The van der Waals surface area contributed by atoms with Crippen LogP contribution in [0.4, 0.5) is 4.39 Å². The SMILES string of the molecule is CNC(=O)c1c[nH]c2cccc(F)c12. The fourth-order valence-corrected chi connectivity index (χ4v) is 1.45. The summed E-state index contributed by atoms with van der Waals surface area (Å²) in [6.45, 7) is 0. The molecular formula is C10H9FN2O. The maximum Gasteiger partial charge on any atom is 0.253 e. The lowest BCUT2D eigenvalue weighted by molar-refractivity contribution is 0.0964. The highest BCUT2D eigenvalue weighted by molar-refractivity contribution is 6.06. The maximum atomic E-state index is 13.4. The number of aromatic amines is 1. The van der Waals surface area contributed by atoms with Crippen molar-refractivity contribution in [3.05, 3.63) is 35.8 Å². The molecule has 4 heteroatoms. The highest BCUT2D eigenvalue weighted by atomic mass is 19.1. The Labute approximate surface area is 79.9 Å². The summed E-state index contributed by atoms with van der Waals surface area (Å²) < 4.78 is 13.4. The molecule has 2 aromatic rings. The van der Waals surface area contributed by atoms with E-state index < -0.39 is 0 Å². The third kappa shape index (κ3) is 1.16. The van der Waals surface area contributed by atoms with Gasteiger partial charge >= 0.3 is 0 Å². The number of hydrogen-bond acceptors (Lipinski definition) is 1. The maximum absolute atomic E-state index is 13.4. The van der Waals surface area contributed by atoms with Gasteiger partial charge in [0.15, 0.2) is 0 Å². The van der Waals surface area contributed by atoms with Crippen molar-refractivity contribution >= 4 is 16.8 Å². The van der Waals surface area contributed by atoms with E-state index in [0.29, 0.717) is 16.5 Å². The van der Waals surface area contributed by atoms with Crippen LogP contribution < -0.4 is 5.32 Å². The van der Waals surface area contributed by atoms with E-state index in [1.807, 2.05) is 0 Å². The van der Waals surface area contributed by atoms with Crippen LogP contribution in [0, 0.1) is 5.82 Å². The number of carbonyl (C=O) groups is 1. The summed E-state index contributed by atoms with van der Waals surface area (Å²) in [5.41, 5.74) is 0.962. The number of H-pyrrole nitrogens is 1. The number of fused-ring (bicyclic) bond motifs is 1. The zero-order chi connectivity index (χ0) is 10.1. The molecule has 1 aromatic heterocycles. The molecule has 0 aliphatic carbocycles. The van der Waals surface area contributed by atoms with Gasteiger partial charge < -0.3 is 10.3 Å². The van der Waals surface area contributed by atoms with Crippen LogP contribution in [-0.2, 0) is 0 Å². The molecule has 1 aromatic carbocycles. The molecule has 0 saturated carbocycles. The zero-order valence-corrected chi connectivity index (χ0v) is 7.60. The van der Waals surface area contributed by atoms with Crippen LogP contribution in [0.3, 0.4) is 0 Å². The van der Waals surface area contributed by atoms with Crippen LogP contribution in [0.15, 0.2) is 24.4 Å². The Balaban J connectivity index is 2.73. The highest BCUT2D eigenvalue weighted by Crippen LogP contribution is 2.20. The number of hydrogen-bond donors (Lipinski definition) is 2. The Morgan fingerprint density at radius 2 is 2.29 bits per heavy atom. The molecule has 0 radical (unpaired) electrons. The third-order valence-electron chi connectivity index (χ3n) is 2.13. The molecule has 2 N–H and O–H groups in total. The van der Waals surface area contributed by atoms with Crippen molar-refractivity contribution in [3.63, 3.8) is 0 Å². The van der Waals surface area contributed by atoms with Gasteiger partial charge in [-0.1, -0.05) is 6.07 Å². The smallest absolute Gasteiger partial charge is 0.253 e. The van der Waals surface area contributed by atoms with Gasteiger partial charge in [0.1, 0.15) is 5.82 Å². The minimum atomic E-state index is -0.387. The molecule has 2 rings (SSSR count). The van der Waals surface area contributed by atoms with Crippen molar-refractivity contribution in [2.45, 2.75) is 0 Å². The standard InChI is InChI=1S/C10H9FN2O/c1-12-10(14)6-5-13-8-4-2-3-7(11)9(6)8/h2-5,13H,1H3,(H,12,14). The van der Waals surface area contributed by atoms with Crippen molar-refractivity contribution < 1.29 is 9.18 Å². The van der Waals surface area contributed by atoms with E-state index in [0.717, 1.165) is 0 Å². The van der Waals surface area contributed by atoms with Gasteiger partial charge in [0.05, 0.1) is 5.56 Å². The van der Waals surface area contributed by atoms with Crippen LogP contribution in [0.25, 0.3) is 10.9 Å². The van der Waals surface area contributed by atoms with E-state index in [9.17, 15) is 9.18 Å². The minimum absolute atomic E-state index is 0.290.